The average molecular weight is 340 g/mol. The van der Waals surface area contributed by atoms with Gasteiger partial charge < -0.3 is 14.7 Å². The van der Waals surface area contributed by atoms with E-state index in [2.05, 4.69) is 4.98 Å². The SMILES string of the molecule is CC(C)Oc1cncc(-c2ccc(N3CC(C(=O)O)CC3=O)cc2)c1. The molecule has 130 valence electrons. The Hall–Kier alpha value is -2.89. The normalized spacial score (nSPS) is 17.2. The molecule has 1 saturated heterocycles. The number of carbonyl (C=O) groups is 2. The highest BCUT2D eigenvalue weighted by molar-refractivity contribution is 5.99. The lowest BCUT2D eigenvalue weighted by atomic mass is 10.1. The van der Waals surface area contributed by atoms with Crippen molar-refractivity contribution in [3.63, 3.8) is 0 Å². The Balaban J connectivity index is 1.79. The largest absolute Gasteiger partial charge is 0.489 e. The molecular formula is C19H20N2O4. The minimum absolute atomic E-state index is 0.0512. The first-order valence-corrected chi connectivity index (χ1v) is 8.19. The summed E-state index contributed by atoms with van der Waals surface area (Å²) >= 11 is 0. The fourth-order valence-electron chi connectivity index (χ4n) is 2.87. The summed E-state index contributed by atoms with van der Waals surface area (Å²) in [5.41, 5.74) is 2.58. The Morgan fingerprint density at radius 1 is 1.24 bits per heavy atom. The van der Waals surface area contributed by atoms with Crippen LogP contribution in [0.1, 0.15) is 20.3 Å². The third-order valence-electron chi connectivity index (χ3n) is 4.07. The van der Waals surface area contributed by atoms with Crippen molar-refractivity contribution in [2.24, 2.45) is 5.92 Å². The van der Waals surface area contributed by atoms with E-state index in [-0.39, 0.29) is 25.0 Å². The quantitative estimate of drug-likeness (QED) is 0.905. The predicted molar refractivity (Wildman–Crippen MR) is 93.5 cm³/mol. The molecule has 2 aromatic rings. The van der Waals surface area contributed by atoms with Gasteiger partial charge in [0.1, 0.15) is 5.75 Å². The van der Waals surface area contributed by atoms with E-state index in [0.29, 0.717) is 11.4 Å². The highest BCUT2D eigenvalue weighted by Gasteiger charge is 2.34. The van der Waals surface area contributed by atoms with Crippen molar-refractivity contribution in [3.8, 4) is 16.9 Å². The van der Waals surface area contributed by atoms with Crippen LogP contribution < -0.4 is 9.64 Å². The van der Waals surface area contributed by atoms with Gasteiger partial charge in [0, 0.05) is 30.4 Å². The van der Waals surface area contributed by atoms with Gasteiger partial charge in [-0.3, -0.25) is 14.6 Å². The fourth-order valence-corrected chi connectivity index (χ4v) is 2.87. The standard InChI is InChI=1S/C19H20N2O4/c1-12(2)25-17-7-14(9-20-10-17)13-3-5-16(6-4-13)21-11-15(19(23)24)8-18(21)22/h3-7,9-10,12,15H,8,11H2,1-2H3,(H,23,24). The van der Waals surface area contributed by atoms with Crippen LogP contribution in [0.25, 0.3) is 11.1 Å². The number of amides is 1. The zero-order valence-electron chi connectivity index (χ0n) is 14.2. The molecule has 6 nitrogen and oxygen atoms in total. The van der Waals surface area contributed by atoms with Crippen LogP contribution in [-0.2, 0) is 9.59 Å². The molecule has 1 unspecified atom stereocenters. The van der Waals surface area contributed by atoms with Crippen LogP contribution in [0.4, 0.5) is 5.69 Å². The number of hydrogen-bond donors (Lipinski definition) is 1. The number of pyridine rings is 1. The Kier molecular flexibility index (Phi) is 4.70. The molecule has 6 heteroatoms. The van der Waals surface area contributed by atoms with E-state index in [1.54, 1.807) is 12.4 Å². The molecule has 0 radical (unpaired) electrons. The molecule has 1 aliphatic rings. The summed E-state index contributed by atoms with van der Waals surface area (Å²) in [4.78, 5) is 28.8. The van der Waals surface area contributed by atoms with Crippen molar-refractivity contribution in [2.75, 3.05) is 11.4 Å². The Morgan fingerprint density at radius 3 is 2.56 bits per heavy atom. The zero-order chi connectivity index (χ0) is 18.0. The van der Waals surface area contributed by atoms with Crippen LogP contribution in [0.5, 0.6) is 5.75 Å². The number of rotatable bonds is 5. The topological polar surface area (TPSA) is 79.7 Å². The van der Waals surface area contributed by atoms with E-state index in [9.17, 15) is 9.59 Å². The maximum Gasteiger partial charge on any atom is 0.308 e. The molecule has 0 aliphatic carbocycles. The van der Waals surface area contributed by atoms with Gasteiger partial charge in [-0.25, -0.2) is 0 Å². The number of benzene rings is 1. The molecule has 25 heavy (non-hydrogen) atoms. The number of anilines is 1. The number of aliphatic carboxylic acids is 1. The zero-order valence-corrected chi connectivity index (χ0v) is 14.2. The van der Waals surface area contributed by atoms with Crippen molar-refractivity contribution in [2.45, 2.75) is 26.4 Å². The molecule has 2 heterocycles. The minimum Gasteiger partial charge on any atom is -0.489 e. The van der Waals surface area contributed by atoms with Crippen molar-refractivity contribution >= 4 is 17.6 Å². The summed E-state index contributed by atoms with van der Waals surface area (Å²) in [6.45, 7) is 4.13. The van der Waals surface area contributed by atoms with Crippen molar-refractivity contribution in [3.05, 3.63) is 42.7 Å². The molecule has 1 aromatic heterocycles. The second-order valence-corrected chi connectivity index (χ2v) is 6.37. The second-order valence-electron chi connectivity index (χ2n) is 6.37. The number of nitrogens with zero attached hydrogens (tertiary/aromatic N) is 2. The van der Waals surface area contributed by atoms with Crippen LogP contribution in [0.3, 0.4) is 0 Å². The maximum absolute atomic E-state index is 12.0. The molecule has 0 bridgehead atoms. The van der Waals surface area contributed by atoms with Gasteiger partial charge in [0.05, 0.1) is 18.2 Å². The number of hydrogen-bond acceptors (Lipinski definition) is 4. The van der Waals surface area contributed by atoms with E-state index in [0.717, 1.165) is 11.1 Å². The molecule has 0 spiro atoms. The molecular weight excluding hydrogens is 320 g/mol. The molecule has 1 atom stereocenters. The number of carboxylic acid groups (broad SMARTS) is 1. The summed E-state index contributed by atoms with van der Waals surface area (Å²) in [6, 6.07) is 9.37. The molecule has 1 aliphatic heterocycles. The van der Waals surface area contributed by atoms with E-state index in [1.807, 2.05) is 44.2 Å². The summed E-state index contributed by atoms with van der Waals surface area (Å²) < 4.78 is 5.66. The molecule has 1 fully saturated rings. The van der Waals surface area contributed by atoms with Crippen molar-refractivity contribution < 1.29 is 19.4 Å². The smallest absolute Gasteiger partial charge is 0.308 e. The first-order chi connectivity index (χ1) is 11.9. The minimum atomic E-state index is -0.930. The van der Waals surface area contributed by atoms with Gasteiger partial charge in [0.15, 0.2) is 0 Å². The first-order valence-electron chi connectivity index (χ1n) is 8.19. The average Bonchev–Trinajstić information content (AvgIpc) is 2.97. The van der Waals surface area contributed by atoms with Gasteiger partial charge in [-0.1, -0.05) is 12.1 Å². The third kappa shape index (κ3) is 3.79. The van der Waals surface area contributed by atoms with Crippen LogP contribution >= 0.6 is 0 Å². The summed E-state index contributed by atoms with van der Waals surface area (Å²) in [7, 11) is 0. The van der Waals surface area contributed by atoms with Gasteiger partial charge in [-0.05, 0) is 37.6 Å². The summed E-state index contributed by atoms with van der Waals surface area (Å²) in [5, 5.41) is 9.08. The maximum atomic E-state index is 12.0. The van der Waals surface area contributed by atoms with Gasteiger partial charge in [0.2, 0.25) is 5.91 Å². The molecule has 3 rings (SSSR count). The Morgan fingerprint density at radius 2 is 1.96 bits per heavy atom. The van der Waals surface area contributed by atoms with E-state index < -0.39 is 11.9 Å². The van der Waals surface area contributed by atoms with E-state index in [4.69, 9.17) is 9.84 Å². The Bertz CT molecular complexity index is 786. The van der Waals surface area contributed by atoms with Crippen molar-refractivity contribution in [1.82, 2.24) is 4.98 Å². The van der Waals surface area contributed by atoms with Crippen molar-refractivity contribution in [1.29, 1.82) is 0 Å². The second kappa shape index (κ2) is 6.93. The predicted octanol–water partition coefficient (Wildman–Crippen LogP) is 2.97. The lowest BCUT2D eigenvalue weighted by molar-refractivity contribution is -0.141. The molecule has 1 N–H and O–H groups in total. The highest BCUT2D eigenvalue weighted by Crippen LogP contribution is 2.29. The van der Waals surface area contributed by atoms with Gasteiger partial charge >= 0.3 is 5.97 Å². The van der Waals surface area contributed by atoms with Crippen LogP contribution in [0.15, 0.2) is 42.7 Å². The first kappa shape index (κ1) is 17.0. The lowest BCUT2D eigenvalue weighted by Crippen LogP contribution is -2.25. The number of ether oxygens (including phenoxy) is 1. The van der Waals surface area contributed by atoms with Gasteiger partial charge in [-0.15, -0.1) is 0 Å². The fraction of sp³-hybridized carbons (Fsp3) is 0.316. The van der Waals surface area contributed by atoms with Crippen LogP contribution in [0.2, 0.25) is 0 Å². The number of carboxylic acids is 1. The monoisotopic (exact) mass is 340 g/mol. The Labute approximate surface area is 146 Å². The number of carbonyl (C=O) groups excluding carboxylic acids is 1. The highest BCUT2D eigenvalue weighted by atomic mass is 16.5. The van der Waals surface area contributed by atoms with E-state index >= 15 is 0 Å². The van der Waals surface area contributed by atoms with E-state index in [1.165, 1.54) is 4.90 Å². The third-order valence-corrected chi connectivity index (χ3v) is 4.07. The van der Waals surface area contributed by atoms with Crippen LogP contribution in [-0.4, -0.2) is 34.6 Å². The number of aromatic nitrogens is 1. The molecule has 1 aromatic carbocycles. The van der Waals surface area contributed by atoms with Gasteiger partial charge in [-0.2, -0.15) is 0 Å². The summed E-state index contributed by atoms with van der Waals surface area (Å²) in [5.74, 6) is -1.02. The summed E-state index contributed by atoms with van der Waals surface area (Å²) in [6.07, 6.45) is 3.55. The molecule has 0 saturated carbocycles. The van der Waals surface area contributed by atoms with Gasteiger partial charge in [0.25, 0.3) is 0 Å². The van der Waals surface area contributed by atoms with Crippen LogP contribution in [0, 0.1) is 5.92 Å². The molecule has 1 amide bonds. The lowest BCUT2D eigenvalue weighted by Gasteiger charge is -2.16.